The van der Waals surface area contributed by atoms with Crippen LogP contribution in [0.4, 0.5) is 5.69 Å². The van der Waals surface area contributed by atoms with Crippen molar-refractivity contribution in [1.82, 2.24) is 0 Å². The molecule has 5 rings (SSSR count). The predicted octanol–water partition coefficient (Wildman–Crippen LogP) is 6.21. The van der Waals surface area contributed by atoms with Gasteiger partial charge in [0.15, 0.2) is 0 Å². The summed E-state index contributed by atoms with van der Waals surface area (Å²) in [7, 11) is 0. The van der Waals surface area contributed by atoms with Gasteiger partial charge in [0.1, 0.15) is 0 Å². The highest BCUT2D eigenvalue weighted by atomic mass is 16.6. The molecule has 5 aromatic carbocycles. The van der Waals surface area contributed by atoms with E-state index in [0.29, 0.717) is 5.39 Å². The molecule has 3 heteroatoms. The molecule has 0 atom stereocenters. The zero-order valence-electron chi connectivity index (χ0n) is 13.3. The minimum Gasteiger partial charge on any atom is -0.258 e. The van der Waals surface area contributed by atoms with Crippen molar-refractivity contribution in [2.75, 3.05) is 0 Å². The monoisotopic (exact) mass is 323 g/mol. The van der Waals surface area contributed by atoms with Crippen LogP contribution in [0.3, 0.4) is 0 Å². The Hall–Kier alpha value is -3.46. The van der Waals surface area contributed by atoms with Crippen molar-refractivity contribution in [3.63, 3.8) is 0 Å². The molecular formula is C22H13NO2. The summed E-state index contributed by atoms with van der Waals surface area (Å²) >= 11 is 0. The van der Waals surface area contributed by atoms with Gasteiger partial charge in [-0.3, -0.25) is 10.1 Å². The van der Waals surface area contributed by atoms with Gasteiger partial charge in [0.2, 0.25) is 0 Å². The molecule has 0 aliphatic rings. The van der Waals surface area contributed by atoms with Crippen LogP contribution in [0.15, 0.2) is 78.9 Å². The molecule has 3 nitrogen and oxygen atoms in total. The molecule has 0 spiro atoms. The normalized spacial score (nSPS) is 11.5. The summed E-state index contributed by atoms with van der Waals surface area (Å²) in [5.74, 6) is 0. The molecule has 118 valence electrons. The number of fused-ring (bicyclic) bond motifs is 8. The summed E-state index contributed by atoms with van der Waals surface area (Å²) in [5, 5.41) is 19.8. The van der Waals surface area contributed by atoms with Crippen LogP contribution < -0.4 is 0 Å². The van der Waals surface area contributed by atoms with E-state index in [-0.39, 0.29) is 10.6 Å². The molecule has 0 radical (unpaired) electrons. The standard InChI is InChI=1S/C22H13NO2/c24-23(25)20-11-5-10-18-19-13-12-14-6-1-2-7-15(14)21(19)16-8-3-4-9-17(16)22(18)20/h1-13H. The minimum atomic E-state index is -0.290. The lowest BCUT2D eigenvalue weighted by Gasteiger charge is -2.12. The Kier molecular flexibility index (Phi) is 2.80. The first-order valence-corrected chi connectivity index (χ1v) is 8.15. The van der Waals surface area contributed by atoms with Crippen LogP contribution >= 0.6 is 0 Å². The summed E-state index contributed by atoms with van der Waals surface area (Å²) in [6, 6.07) is 25.7. The fourth-order valence-electron chi connectivity index (χ4n) is 3.91. The highest BCUT2D eigenvalue weighted by Crippen LogP contribution is 2.41. The summed E-state index contributed by atoms with van der Waals surface area (Å²) in [5.41, 5.74) is 0.156. The molecule has 0 unspecified atom stereocenters. The molecule has 5 aromatic rings. The molecule has 0 heterocycles. The number of non-ortho nitro benzene ring substituents is 1. The number of benzene rings is 5. The molecule has 25 heavy (non-hydrogen) atoms. The number of hydrogen-bond donors (Lipinski definition) is 0. The van der Waals surface area contributed by atoms with Crippen molar-refractivity contribution >= 4 is 48.8 Å². The van der Waals surface area contributed by atoms with E-state index in [0.717, 1.165) is 26.9 Å². The Morgan fingerprint density at radius 2 is 1.12 bits per heavy atom. The van der Waals surface area contributed by atoms with Gasteiger partial charge in [-0.15, -0.1) is 0 Å². The van der Waals surface area contributed by atoms with Crippen LogP contribution in [-0.4, -0.2) is 4.92 Å². The lowest BCUT2D eigenvalue weighted by atomic mass is 9.90. The van der Waals surface area contributed by atoms with E-state index < -0.39 is 0 Å². The van der Waals surface area contributed by atoms with E-state index in [1.165, 1.54) is 10.8 Å². The Labute approximate surface area is 143 Å². The van der Waals surface area contributed by atoms with Crippen molar-refractivity contribution in [3.8, 4) is 0 Å². The zero-order valence-corrected chi connectivity index (χ0v) is 13.3. The first-order chi connectivity index (χ1) is 12.3. The average Bonchev–Trinajstić information content (AvgIpc) is 2.67. The van der Waals surface area contributed by atoms with Gasteiger partial charge in [-0.2, -0.15) is 0 Å². The van der Waals surface area contributed by atoms with Crippen molar-refractivity contribution in [2.24, 2.45) is 0 Å². The van der Waals surface area contributed by atoms with E-state index in [1.807, 2.05) is 36.4 Å². The fourth-order valence-corrected chi connectivity index (χ4v) is 3.91. The zero-order chi connectivity index (χ0) is 17.0. The van der Waals surface area contributed by atoms with Crippen LogP contribution in [0.25, 0.3) is 43.1 Å². The third-order valence-corrected chi connectivity index (χ3v) is 4.92. The second-order valence-electron chi connectivity index (χ2n) is 6.21. The average molecular weight is 323 g/mol. The SMILES string of the molecule is O=[N+]([O-])c1cccc2c3ccc4ccccc4c3c3ccccc3c12. The molecule has 0 aliphatic carbocycles. The lowest BCUT2D eigenvalue weighted by Crippen LogP contribution is -1.92. The van der Waals surface area contributed by atoms with Crippen LogP contribution in [-0.2, 0) is 0 Å². The molecule has 0 fully saturated rings. The summed E-state index contributed by atoms with van der Waals surface area (Å²) in [6.45, 7) is 0. The van der Waals surface area contributed by atoms with Gasteiger partial charge in [0.05, 0.1) is 10.3 Å². The lowest BCUT2D eigenvalue weighted by molar-refractivity contribution is -0.383. The molecular weight excluding hydrogens is 310 g/mol. The third kappa shape index (κ3) is 1.86. The summed E-state index contributed by atoms with van der Waals surface area (Å²) < 4.78 is 0. The fraction of sp³-hybridized carbons (Fsp3) is 0. The molecule has 0 saturated heterocycles. The Morgan fingerprint density at radius 1 is 0.560 bits per heavy atom. The molecule has 0 amide bonds. The smallest absolute Gasteiger partial charge is 0.258 e. The van der Waals surface area contributed by atoms with E-state index in [1.54, 1.807) is 12.1 Å². The molecule has 0 bridgehead atoms. The van der Waals surface area contributed by atoms with E-state index in [9.17, 15) is 10.1 Å². The number of hydrogen-bond acceptors (Lipinski definition) is 2. The molecule has 0 N–H and O–H groups in total. The quantitative estimate of drug-likeness (QED) is 0.209. The maximum Gasteiger partial charge on any atom is 0.277 e. The van der Waals surface area contributed by atoms with Gasteiger partial charge >= 0.3 is 0 Å². The van der Waals surface area contributed by atoms with Crippen molar-refractivity contribution in [3.05, 3.63) is 89.0 Å². The van der Waals surface area contributed by atoms with Gasteiger partial charge in [0, 0.05) is 6.07 Å². The Bertz CT molecular complexity index is 1290. The van der Waals surface area contributed by atoms with Gasteiger partial charge < -0.3 is 0 Å². The van der Waals surface area contributed by atoms with E-state index >= 15 is 0 Å². The maximum atomic E-state index is 11.6. The topological polar surface area (TPSA) is 43.1 Å². The van der Waals surface area contributed by atoms with Crippen LogP contribution in [0, 0.1) is 10.1 Å². The summed E-state index contributed by atoms with van der Waals surface area (Å²) in [6.07, 6.45) is 0. The first-order valence-electron chi connectivity index (χ1n) is 8.15. The molecule has 0 aromatic heterocycles. The van der Waals surface area contributed by atoms with Crippen LogP contribution in [0.2, 0.25) is 0 Å². The van der Waals surface area contributed by atoms with Gasteiger partial charge in [-0.1, -0.05) is 72.8 Å². The molecule has 0 aliphatic heterocycles. The van der Waals surface area contributed by atoms with E-state index in [2.05, 4.69) is 30.3 Å². The van der Waals surface area contributed by atoms with Gasteiger partial charge in [-0.05, 0) is 37.7 Å². The number of nitro benzene ring substituents is 1. The second-order valence-corrected chi connectivity index (χ2v) is 6.21. The first kappa shape index (κ1) is 13.9. The highest BCUT2D eigenvalue weighted by Gasteiger charge is 2.18. The minimum absolute atomic E-state index is 0.156. The van der Waals surface area contributed by atoms with Gasteiger partial charge in [0.25, 0.3) is 5.69 Å². The summed E-state index contributed by atoms with van der Waals surface area (Å²) in [4.78, 5) is 11.3. The largest absolute Gasteiger partial charge is 0.277 e. The van der Waals surface area contributed by atoms with Crippen molar-refractivity contribution in [2.45, 2.75) is 0 Å². The van der Waals surface area contributed by atoms with E-state index in [4.69, 9.17) is 0 Å². The maximum absolute atomic E-state index is 11.6. The molecule has 0 saturated carbocycles. The van der Waals surface area contributed by atoms with Crippen LogP contribution in [0.5, 0.6) is 0 Å². The van der Waals surface area contributed by atoms with Crippen LogP contribution in [0.1, 0.15) is 0 Å². The Balaban J connectivity index is 2.20. The number of nitrogens with zero attached hydrogens (tertiary/aromatic N) is 1. The predicted molar refractivity (Wildman–Crippen MR) is 103 cm³/mol. The van der Waals surface area contributed by atoms with Crippen molar-refractivity contribution < 1.29 is 4.92 Å². The number of nitro groups is 1. The van der Waals surface area contributed by atoms with Crippen molar-refractivity contribution in [1.29, 1.82) is 0 Å². The third-order valence-electron chi connectivity index (χ3n) is 4.92. The second kappa shape index (κ2) is 5.02. The van der Waals surface area contributed by atoms with Gasteiger partial charge in [-0.25, -0.2) is 0 Å². The highest BCUT2D eigenvalue weighted by molar-refractivity contribution is 6.32. The Morgan fingerprint density at radius 3 is 1.84 bits per heavy atom. The number of rotatable bonds is 1.